The zero-order valence-corrected chi connectivity index (χ0v) is 27.1. The quantitative estimate of drug-likeness (QED) is 0.0622. The SMILES string of the molecule is CCCc1nc(C(C)(C)O)c(C(=O)CCC(=O)OCCC(CO[N+](=O)[O-])O[N+](=O)[O-])n1Cc1ccc(-c2ccccc2-c2nn[nH]n2)cc1. The van der Waals surface area contributed by atoms with Crippen molar-refractivity contribution in [1.29, 1.82) is 0 Å². The van der Waals surface area contributed by atoms with E-state index in [9.17, 15) is 34.9 Å². The van der Waals surface area contributed by atoms with E-state index in [-0.39, 0.29) is 43.8 Å². The van der Waals surface area contributed by atoms with Gasteiger partial charge in [-0.15, -0.1) is 30.4 Å². The van der Waals surface area contributed by atoms with Crippen LogP contribution in [0.1, 0.15) is 74.0 Å². The van der Waals surface area contributed by atoms with Crippen LogP contribution >= 0.6 is 0 Å². The number of H-pyrrole nitrogens is 1. The lowest BCUT2D eigenvalue weighted by molar-refractivity contribution is -0.790. The van der Waals surface area contributed by atoms with E-state index in [0.29, 0.717) is 18.1 Å². The predicted octanol–water partition coefficient (Wildman–Crippen LogP) is 3.64. The van der Waals surface area contributed by atoms with Crippen LogP contribution in [0.5, 0.6) is 0 Å². The molecule has 18 nitrogen and oxygen atoms in total. The molecule has 18 heteroatoms. The molecule has 0 aliphatic heterocycles. The predicted molar refractivity (Wildman–Crippen MR) is 170 cm³/mol. The second-order valence-corrected chi connectivity index (χ2v) is 11.5. The summed E-state index contributed by atoms with van der Waals surface area (Å²) in [7, 11) is 0. The molecule has 0 aliphatic rings. The maximum absolute atomic E-state index is 13.7. The summed E-state index contributed by atoms with van der Waals surface area (Å²) < 4.78 is 6.86. The summed E-state index contributed by atoms with van der Waals surface area (Å²) in [6, 6.07) is 15.4. The van der Waals surface area contributed by atoms with Crippen molar-refractivity contribution in [3.8, 4) is 22.5 Å². The average Bonchev–Trinajstić information content (AvgIpc) is 3.72. The number of aromatic nitrogens is 6. The first-order valence-corrected chi connectivity index (χ1v) is 15.4. The number of tetrazole rings is 1. The van der Waals surface area contributed by atoms with E-state index in [0.717, 1.165) is 28.7 Å². The smallest absolute Gasteiger partial charge is 0.306 e. The zero-order chi connectivity index (χ0) is 35.6. The first-order chi connectivity index (χ1) is 23.4. The van der Waals surface area contributed by atoms with Crippen molar-refractivity contribution in [2.75, 3.05) is 13.2 Å². The first kappa shape index (κ1) is 36.1. The number of ether oxygens (including phenoxy) is 1. The lowest BCUT2D eigenvalue weighted by Gasteiger charge is -2.18. The molecule has 0 aliphatic carbocycles. The van der Waals surface area contributed by atoms with Crippen LogP contribution in [0, 0.1) is 20.2 Å². The molecule has 0 saturated carbocycles. The fraction of sp³-hybridized carbons (Fsp3) is 0.419. The van der Waals surface area contributed by atoms with Crippen molar-refractivity contribution in [3.63, 3.8) is 0 Å². The summed E-state index contributed by atoms with van der Waals surface area (Å²) in [4.78, 5) is 60.4. The van der Waals surface area contributed by atoms with E-state index in [1.807, 2.05) is 55.5 Å². The Bertz CT molecular complexity index is 1750. The molecule has 0 fully saturated rings. The van der Waals surface area contributed by atoms with Crippen LogP contribution in [-0.4, -0.2) is 76.5 Å². The number of rotatable bonds is 19. The summed E-state index contributed by atoms with van der Waals surface area (Å²) >= 11 is 0. The largest absolute Gasteiger partial charge is 0.466 e. The number of hydrogen-bond donors (Lipinski definition) is 2. The number of hydrogen-bond acceptors (Lipinski definition) is 14. The van der Waals surface area contributed by atoms with E-state index >= 15 is 0 Å². The van der Waals surface area contributed by atoms with Gasteiger partial charge in [-0.25, -0.2) is 4.98 Å². The van der Waals surface area contributed by atoms with Crippen LogP contribution in [0.15, 0.2) is 48.5 Å². The third-order valence-corrected chi connectivity index (χ3v) is 7.34. The summed E-state index contributed by atoms with van der Waals surface area (Å²) in [6.07, 6.45) is -0.955. The Labute approximate surface area is 279 Å². The standard InChI is InChI=1S/C31H36N8O10/c1-4-7-26-32-29(31(2,3)42)28(25(40)14-15-27(41)47-17-16-22(49-39(45)46)19-48-38(43)44)37(26)18-20-10-12-21(13-11-20)23-8-5-6-9-24(23)30-33-35-36-34-30/h5-6,8-13,22,42H,4,7,14-19H2,1-3H3,(H,33,34,35,36). The van der Waals surface area contributed by atoms with Crippen LogP contribution in [0.25, 0.3) is 22.5 Å². The highest BCUT2D eigenvalue weighted by atomic mass is 17.0. The van der Waals surface area contributed by atoms with Gasteiger partial charge in [-0.3, -0.25) is 9.59 Å². The van der Waals surface area contributed by atoms with Crippen molar-refractivity contribution in [1.82, 2.24) is 30.2 Å². The fourth-order valence-electron chi connectivity index (χ4n) is 5.11. The molecule has 49 heavy (non-hydrogen) atoms. The molecule has 0 amide bonds. The number of carbonyl (C=O) groups excluding carboxylic acids is 2. The summed E-state index contributed by atoms with van der Waals surface area (Å²) in [5.74, 6) is -0.150. The molecule has 4 aromatic rings. The van der Waals surface area contributed by atoms with E-state index in [4.69, 9.17) is 4.74 Å². The third-order valence-electron chi connectivity index (χ3n) is 7.34. The van der Waals surface area contributed by atoms with Gasteiger partial charge in [0.15, 0.2) is 5.78 Å². The minimum absolute atomic E-state index is 0.173. The second kappa shape index (κ2) is 16.4. The van der Waals surface area contributed by atoms with Gasteiger partial charge in [0.1, 0.15) is 35.5 Å². The van der Waals surface area contributed by atoms with Gasteiger partial charge in [0.05, 0.1) is 13.0 Å². The van der Waals surface area contributed by atoms with Crippen LogP contribution in [-0.2, 0) is 37.8 Å². The number of nitrogens with one attached hydrogen (secondary N) is 1. The zero-order valence-electron chi connectivity index (χ0n) is 27.1. The van der Waals surface area contributed by atoms with Crippen LogP contribution in [0.4, 0.5) is 0 Å². The van der Waals surface area contributed by atoms with Gasteiger partial charge in [-0.05, 0) is 42.2 Å². The van der Waals surface area contributed by atoms with E-state index in [2.05, 4.69) is 35.3 Å². The normalized spacial score (nSPS) is 11.9. The topological polar surface area (TPSA) is 241 Å². The summed E-state index contributed by atoms with van der Waals surface area (Å²) in [6.45, 7) is 4.20. The van der Waals surface area contributed by atoms with Crippen molar-refractivity contribution in [2.24, 2.45) is 0 Å². The molecule has 260 valence electrons. The summed E-state index contributed by atoms with van der Waals surface area (Å²) in [5.41, 5.74) is 2.37. The number of nitrogens with zero attached hydrogens (tertiary/aromatic N) is 7. The van der Waals surface area contributed by atoms with Gasteiger partial charge in [0.25, 0.3) is 10.2 Å². The molecule has 0 radical (unpaired) electrons. The van der Waals surface area contributed by atoms with Gasteiger partial charge in [-0.2, -0.15) is 5.21 Å². The highest BCUT2D eigenvalue weighted by Gasteiger charge is 2.31. The van der Waals surface area contributed by atoms with Crippen molar-refractivity contribution in [2.45, 2.75) is 71.1 Å². The first-order valence-electron chi connectivity index (χ1n) is 15.4. The minimum Gasteiger partial charge on any atom is -0.466 e. The number of Topliss-reactive ketones (excluding diaryl/α,β-unsaturated/α-hetero) is 1. The Balaban J connectivity index is 1.50. The monoisotopic (exact) mass is 680 g/mol. The molecule has 1 atom stereocenters. The Kier molecular flexibility index (Phi) is 12.0. The Hall–Kier alpha value is -5.78. The van der Waals surface area contributed by atoms with Crippen molar-refractivity contribution in [3.05, 3.63) is 91.5 Å². The van der Waals surface area contributed by atoms with E-state index in [1.54, 1.807) is 4.57 Å². The highest BCUT2D eigenvalue weighted by molar-refractivity contribution is 5.97. The number of aryl methyl sites for hydroxylation is 1. The average molecular weight is 681 g/mol. The lowest BCUT2D eigenvalue weighted by atomic mass is 9.98. The maximum Gasteiger partial charge on any atom is 0.306 e. The second-order valence-electron chi connectivity index (χ2n) is 11.5. The fourth-order valence-corrected chi connectivity index (χ4v) is 5.11. The van der Waals surface area contributed by atoms with Crippen LogP contribution in [0.2, 0.25) is 0 Å². The minimum atomic E-state index is -1.47. The number of ketones is 1. The van der Waals surface area contributed by atoms with Crippen LogP contribution < -0.4 is 0 Å². The molecule has 0 spiro atoms. The number of imidazole rings is 1. The van der Waals surface area contributed by atoms with Gasteiger partial charge < -0.3 is 24.1 Å². The van der Waals surface area contributed by atoms with Crippen molar-refractivity contribution >= 4 is 11.8 Å². The number of aliphatic hydroxyl groups is 1. The molecular formula is C31H36N8O10. The number of benzene rings is 2. The number of esters is 1. The van der Waals surface area contributed by atoms with Crippen LogP contribution in [0.3, 0.4) is 0 Å². The maximum atomic E-state index is 13.7. The van der Waals surface area contributed by atoms with Gasteiger partial charge in [0, 0.05) is 31.4 Å². The summed E-state index contributed by atoms with van der Waals surface area (Å²) in [5, 5.41) is 44.1. The molecule has 4 rings (SSSR count). The Morgan fingerprint density at radius 1 is 1.04 bits per heavy atom. The molecule has 2 aromatic heterocycles. The molecule has 2 N–H and O–H groups in total. The Morgan fingerprint density at radius 2 is 1.76 bits per heavy atom. The third kappa shape index (κ3) is 9.86. The number of carbonyl (C=O) groups is 2. The van der Waals surface area contributed by atoms with Gasteiger partial charge in [0.2, 0.25) is 5.82 Å². The van der Waals surface area contributed by atoms with Gasteiger partial charge in [-0.1, -0.05) is 55.5 Å². The molecule has 1 unspecified atom stereocenters. The highest BCUT2D eigenvalue weighted by Crippen LogP contribution is 2.31. The van der Waals surface area contributed by atoms with E-state index < -0.39 is 40.2 Å². The molecule has 2 heterocycles. The van der Waals surface area contributed by atoms with Crippen molar-refractivity contribution < 1.29 is 39.3 Å². The van der Waals surface area contributed by atoms with E-state index in [1.165, 1.54) is 13.8 Å². The Morgan fingerprint density at radius 3 is 2.37 bits per heavy atom. The van der Waals surface area contributed by atoms with Gasteiger partial charge >= 0.3 is 5.97 Å². The molecule has 0 saturated heterocycles. The molecular weight excluding hydrogens is 644 g/mol. The molecule has 2 aromatic carbocycles. The lowest BCUT2D eigenvalue weighted by Crippen LogP contribution is -2.26. The number of aromatic amines is 1. The molecule has 0 bridgehead atoms.